The zero-order valence-electron chi connectivity index (χ0n) is 12.8. The molecule has 0 bridgehead atoms. The van der Waals surface area contributed by atoms with Crippen LogP contribution in [0.3, 0.4) is 0 Å². The lowest BCUT2D eigenvalue weighted by atomic mass is 10.1. The highest BCUT2D eigenvalue weighted by Gasteiger charge is 2.45. The van der Waals surface area contributed by atoms with Gasteiger partial charge in [-0.3, -0.25) is 4.99 Å². The van der Waals surface area contributed by atoms with Gasteiger partial charge in [-0.15, -0.1) is 0 Å². The Morgan fingerprint density at radius 1 is 1.40 bits per heavy atom. The molecular weight excluding hydrogens is 250 g/mol. The van der Waals surface area contributed by atoms with E-state index in [9.17, 15) is 0 Å². The molecule has 110 valence electrons. The predicted molar refractivity (Wildman–Crippen MR) is 84.2 cm³/mol. The van der Waals surface area contributed by atoms with Gasteiger partial charge in [-0.25, -0.2) is 0 Å². The van der Waals surface area contributed by atoms with E-state index in [1.807, 2.05) is 38.1 Å². The second-order valence-electron chi connectivity index (χ2n) is 6.43. The topological polar surface area (TPSA) is 59.6 Å². The maximum absolute atomic E-state index is 5.90. The van der Waals surface area contributed by atoms with Gasteiger partial charge in [0, 0.05) is 12.2 Å². The number of guanidine groups is 1. The molecule has 1 aromatic rings. The van der Waals surface area contributed by atoms with Crippen LogP contribution in [0.1, 0.15) is 34.1 Å². The van der Waals surface area contributed by atoms with Crippen LogP contribution in [-0.2, 0) is 0 Å². The fourth-order valence-electron chi connectivity index (χ4n) is 2.17. The van der Waals surface area contributed by atoms with Gasteiger partial charge < -0.3 is 15.8 Å². The number of ether oxygens (including phenoxy) is 1. The van der Waals surface area contributed by atoms with Crippen LogP contribution in [0.15, 0.2) is 29.3 Å². The van der Waals surface area contributed by atoms with Crippen molar-refractivity contribution in [2.24, 2.45) is 22.1 Å². The van der Waals surface area contributed by atoms with Crippen molar-refractivity contribution in [1.29, 1.82) is 0 Å². The Morgan fingerprint density at radius 2 is 2.00 bits per heavy atom. The Balaban J connectivity index is 1.84. The van der Waals surface area contributed by atoms with Gasteiger partial charge >= 0.3 is 0 Å². The first-order valence-electron chi connectivity index (χ1n) is 7.20. The van der Waals surface area contributed by atoms with Gasteiger partial charge in [-0.1, -0.05) is 13.8 Å². The van der Waals surface area contributed by atoms with E-state index in [4.69, 9.17) is 10.5 Å². The summed E-state index contributed by atoms with van der Waals surface area (Å²) in [7, 11) is 0. The van der Waals surface area contributed by atoms with E-state index < -0.39 is 0 Å². The van der Waals surface area contributed by atoms with Crippen molar-refractivity contribution < 1.29 is 4.74 Å². The monoisotopic (exact) mass is 275 g/mol. The molecule has 0 saturated heterocycles. The zero-order valence-corrected chi connectivity index (χ0v) is 12.8. The molecule has 0 spiro atoms. The highest BCUT2D eigenvalue weighted by atomic mass is 16.5. The molecule has 0 heterocycles. The highest BCUT2D eigenvalue weighted by Crippen LogP contribution is 2.51. The molecule has 3 N–H and O–H groups in total. The number of hydrogen-bond donors (Lipinski definition) is 2. The third-order valence-electron chi connectivity index (χ3n) is 3.70. The van der Waals surface area contributed by atoms with E-state index in [-0.39, 0.29) is 6.10 Å². The van der Waals surface area contributed by atoms with Crippen molar-refractivity contribution in [3.05, 3.63) is 24.3 Å². The number of aliphatic imine (C=N–C) groups is 1. The van der Waals surface area contributed by atoms with Crippen LogP contribution in [0.5, 0.6) is 5.75 Å². The molecule has 1 unspecified atom stereocenters. The van der Waals surface area contributed by atoms with Crippen molar-refractivity contribution in [2.45, 2.75) is 40.2 Å². The Bertz CT molecular complexity index is 477. The standard InChI is InChI=1S/C16H25N3O/c1-11(2)20-14-7-5-13(6-8-14)19-15(17)18-10-12-9-16(12,3)4/h5-8,11-12H,9-10H2,1-4H3,(H3,17,18,19). The molecule has 1 aliphatic rings. The molecule has 0 radical (unpaired) electrons. The third kappa shape index (κ3) is 4.15. The lowest BCUT2D eigenvalue weighted by Crippen LogP contribution is -2.23. The van der Waals surface area contributed by atoms with Gasteiger partial charge in [0.15, 0.2) is 5.96 Å². The van der Waals surface area contributed by atoms with Gasteiger partial charge in [0.05, 0.1) is 6.10 Å². The van der Waals surface area contributed by atoms with Crippen molar-refractivity contribution in [2.75, 3.05) is 11.9 Å². The van der Waals surface area contributed by atoms with Crippen LogP contribution < -0.4 is 15.8 Å². The lowest BCUT2D eigenvalue weighted by molar-refractivity contribution is 0.242. The summed E-state index contributed by atoms with van der Waals surface area (Å²) >= 11 is 0. The molecule has 0 aliphatic heterocycles. The number of nitrogens with one attached hydrogen (secondary N) is 1. The number of benzene rings is 1. The summed E-state index contributed by atoms with van der Waals surface area (Å²) < 4.78 is 5.60. The van der Waals surface area contributed by atoms with Crippen LogP contribution in [0.25, 0.3) is 0 Å². The second-order valence-corrected chi connectivity index (χ2v) is 6.43. The largest absolute Gasteiger partial charge is 0.491 e. The molecule has 4 heteroatoms. The minimum Gasteiger partial charge on any atom is -0.491 e. The number of hydrogen-bond acceptors (Lipinski definition) is 2. The minimum atomic E-state index is 0.183. The molecule has 1 aliphatic carbocycles. The highest BCUT2D eigenvalue weighted by molar-refractivity contribution is 5.92. The third-order valence-corrected chi connectivity index (χ3v) is 3.70. The van der Waals surface area contributed by atoms with Gasteiger partial charge in [-0.05, 0) is 55.9 Å². The van der Waals surface area contributed by atoms with Gasteiger partial charge in [0.1, 0.15) is 5.75 Å². The molecule has 1 fully saturated rings. The lowest BCUT2D eigenvalue weighted by Gasteiger charge is -2.11. The Labute approximate surface area is 121 Å². The zero-order chi connectivity index (χ0) is 14.8. The van der Waals surface area contributed by atoms with E-state index in [2.05, 4.69) is 24.2 Å². The Morgan fingerprint density at radius 3 is 2.50 bits per heavy atom. The molecule has 0 aromatic heterocycles. The molecule has 4 nitrogen and oxygen atoms in total. The van der Waals surface area contributed by atoms with Crippen LogP contribution >= 0.6 is 0 Å². The van der Waals surface area contributed by atoms with Crippen molar-refractivity contribution in [3.63, 3.8) is 0 Å². The molecule has 20 heavy (non-hydrogen) atoms. The summed E-state index contributed by atoms with van der Waals surface area (Å²) in [5, 5.41) is 3.11. The summed E-state index contributed by atoms with van der Waals surface area (Å²) in [6, 6.07) is 7.75. The average molecular weight is 275 g/mol. The first-order chi connectivity index (χ1) is 9.37. The van der Waals surface area contributed by atoms with Crippen molar-refractivity contribution >= 4 is 11.6 Å². The van der Waals surface area contributed by atoms with E-state index in [0.717, 1.165) is 18.0 Å². The maximum Gasteiger partial charge on any atom is 0.193 e. The van der Waals surface area contributed by atoms with Crippen LogP contribution in [0.2, 0.25) is 0 Å². The Kier molecular flexibility index (Phi) is 4.21. The summed E-state index contributed by atoms with van der Waals surface area (Å²) in [5.74, 6) is 2.01. The smallest absolute Gasteiger partial charge is 0.193 e. The molecule has 1 atom stereocenters. The molecule has 0 amide bonds. The van der Waals surface area contributed by atoms with E-state index in [1.165, 1.54) is 6.42 Å². The molecule has 1 saturated carbocycles. The minimum absolute atomic E-state index is 0.183. The number of rotatable bonds is 5. The van der Waals surface area contributed by atoms with Crippen LogP contribution in [0.4, 0.5) is 5.69 Å². The molecule has 2 rings (SSSR count). The second kappa shape index (κ2) is 5.73. The maximum atomic E-state index is 5.90. The predicted octanol–water partition coefficient (Wildman–Crippen LogP) is 3.25. The summed E-state index contributed by atoms with van der Waals surface area (Å²) in [6.45, 7) is 9.36. The molecule has 1 aromatic carbocycles. The van der Waals surface area contributed by atoms with E-state index in [1.54, 1.807) is 0 Å². The van der Waals surface area contributed by atoms with E-state index in [0.29, 0.717) is 17.3 Å². The quantitative estimate of drug-likeness (QED) is 0.640. The Hall–Kier alpha value is -1.71. The van der Waals surface area contributed by atoms with Gasteiger partial charge in [-0.2, -0.15) is 0 Å². The van der Waals surface area contributed by atoms with Crippen LogP contribution in [0, 0.1) is 11.3 Å². The van der Waals surface area contributed by atoms with Gasteiger partial charge in [0.25, 0.3) is 0 Å². The summed E-state index contributed by atoms with van der Waals surface area (Å²) in [5.41, 5.74) is 7.27. The SMILES string of the molecule is CC(C)Oc1ccc(NC(N)=NCC2CC2(C)C)cc1. The first kappa shape index (κ1) is 14.7. The summed E-state index contributed by atoms with van der Waals surface area (Å²) in [4.78, 5) is 4.40. The number of nitrogens with two attached hydrogens (primary N) is 1. The fraction of sp³-hybridized carbons (Fsp3) is 0.562. The van der Waals surface area contributed by atoms with E-state index >= 15 is 0 Å². The van der Waals surface area contributed by atoms with Crippen molar-refractivity contribution in [3.8, 4) is 5.75 Å². The van der Waals surface area contributed by atoms with Crippen molar-refractivity contribution in [1.82, 2.24) is 0 Å². The summed E-state index contributed by atoms with van der Waals surface area (Å²) in [6.07, 6.45) is 1.42. The fourth-order valence-corrected chi connectivity index (χ4v) is 2.17. The van der Waals surface area contributed by atoms with Gasteiger partial charge in [0.2, 0.25) is 0 Å². The first-order valence-corrected chi connectivity index (χ1v) is 7.20. The van der Waals surface area contributed by atoms with Crippen LogP contribution in [-0.4, -0.2) is 18.6 Å². The average Bonchev–Trinajstić information content (AvgIpc) is 2.96. The normalized spacial score (nSPS) is 20.9. The number of anilines is 1. The number of nitrogens with zero attached hydrogens (tertiary/aromatic N) is 1. The molecular formula is C16H25N3O.